The normalized spacial score (nSPS) is 15.0. The summed E-state index contributed by atoms with van der Waals surface area (Å²) >= 11 is 5.86. The maximum absolute atomic E-state index is 12.3. The van der Waals surface area contributed by atoms with E-state index in [4.69, 9.17) is 16.3 Å². The number of anilines is 2. The van der Waals surface area contributed by atoms with Crippen LogP contribution in [0.2, 0.25) is 5.02 Å². The number of hydrogen-bond donors (Lipinski definition) is 2. The highest BCUT2D eigenvalue weighted by Gasteiger charge is 2.15. The number of nitrogens with one attached hydrogen (secondary N) is 2. The van der Waals surface area contributed by atoms with Crippen LogP contribution in [0, 0.1) is 6.92 Å². The van der Waals surface area contributed by atoms with Crippen molar-refractivity contribution < 1.29 is 13.2 Å². The van der Waals surface area contributed by atoms with E-state index >= 15 is 0 Å². The molecule has 3 rings (SSSR count). The lowest BCUT2D eigenvalue weighted by Crippen LogP contribution is -2.37. The van der Waals surface area contributed by atoms with Gasteiger partial charge in [-0.3, -0.25) is 0 Å². The average molecular weight is 412 g/mol. The Labute approximate surface area is 164 Å². The SMILES string of the molecule is Cc1nc(NCCNS(=O)(=O)c2cccc(Cl)c2)cc(N2CCOCC2)n1. The number of halogens is 1. The highest BCUT2D eigenvalue weighted by Crippen LogP contribution is 2.17. The first-order chi connectivity index (χ1) is 12.9. The van der Waals surface area contributed by atoms with Gasteiger partial charge in [-0.15, -0.1) is 0 Å². The topological polar surface area (TPSA) is 96.5 Å². The highest BCUT2D eigenvalue weighted by atomic mass is 35.5. The van der Waals surface area contributed by atoms with Crippen LogP contribution in [0.25, 0.3) is 0 Å². The molecule has 1 saturated heterocycles. The highest BCUT2D eigenvalue weighted by molar-refractivity contribution is 7.89. The Bertz CT molecular complexity index is 888. The number of aryl methyl sites for hydroxylation is 1. The van der Waals surface area contributed by atoms with E-state index < -0.39 is 10.0 Å². The van der Waals surface area contributed by atoms with Crippen molar-refractivity contribution in [3.63, 3.8) is 0 Å². The van der Waals surface area contributed by atoms with E-state index in [1.807, 2.05) is 13.0 Å². The van der Waals surface area contributed by atoms with Gasteiger partial charge >= 0.3 is 0 Å². The van der Waals surface area contributed by atoms with Crippen LogP contribution < -0.4 is 14.9 Å². The molecule has 1 aromatic heterocycles. The molecule has 0 spiro atoms. The Hall–Kier alpha value is -1.94. The number of aromatic nitrogens is 2. The molecule has 0 unspecified atom stereocenters. The van der Waals surface area contributed by atoms with Crippen molar-refractivity contribution in [2.45, 2.75) is 11.8 Å². The third-order valence-electron chi connectivity index (χ3n) is 3.99. The van der Waals surface area contributed by atoms with Crippen LogP contribution in [0.5, 0.6) is 0 Å². The second-order valence-corrected chi connectivity index (χ2v) is 8.24. The van der Waals surface area contributed by atoms with Crippen molar-refractivity contribution in [2.75, 3.05) is 49.6 Å². The predicted octanol–water partition coefficient (Wildman–Crippen LogP) is 1.67. The van der Waals surface area contributed by atoms with Gasteiger partial charge in [-0.1, -0.05) is 17.7 Å². The van der Waals surface area contributed by atoms with Crippen molar-refractivity contribution in [1.82, 2.24) is 14.7 Å². The molecule has 10 heteroatoms. The van der Waals surface area contributed by atoms with Gasteiger partial charge in [-0.25, -0.2) is 23.1 Å². The Balaban J connectivity index is 1.56. The van der Waals surface area contributed by atoms with Crippen molar-refractivity contribution in [1.29, 1.82) is 0 Å². The zero-order valence-corrected chi connectivity index (χ0v) is 16.6. The lowest BCUT2D eigenvalue weighted by Gasteiger charge is -2.28. The van der Waals surface area contributed by atoms with Gasteiger partial charge in [0.1, 0.15) is 17.5 Å². The number of benzene rings is 1. The summed E-state index contributed by atoms with van der Waals surface area (Å²) in [5, 5.41) is 3.52. The van der Waals surface area contributed by atoms with E-state index in [-0.39, 0.29) is 11.4 Å². The quantitative estimate of drug-likeness (QED) is 0.669. The molecule has 0 amide bonds. The molecule has 0 aliphatic carbocycles. The minimum atomic E-state index is -3.60. The van der Waals surface area contributed by atoms with Crippen LogP contribution in [0.15, 0.2) is 35.2 Å². The molecule has 1 aliphatic rings. The number of rotatable bonds is 7. The molecular weight excluding hydrogens is 390 g/mol. The largest absolute Gasteiger partial charge is 0.378 e. The molecule has 146 valence electrons. The van der Waals surface area contributed by atoms with Gasteiger partial charge in [0.2, 0.25) is 10.0 Å². The molecule has 1 aliphatic heterocycles. The molecule has 2 N–H and O–H groups in total. The summed E-state index contributed by atoms with van der Waals surface area (Å²) in [5.41, 5.74) is 0. The van der Waals surface area contributed by atoms with Gasteiger partial charge in [0.05, 0.1) is 18.1 Å². The molecule has 1 aromatic carbocycles. The van der Waals surface area contributed by atoms with Gasteiger partial charge in [0.25, 0.3) is 0 Å². The van der Waals surface area contributed by atoms with Crippen LogP contribution in [0.4, 0.5) is 11.6 Å². The van der Waals surface area contributed by atoms with Gasteiger partial charge in [0, 0.05) is 37.3 Å². The fourth-order valence-electron chi connectivity index (χ4n) is 2.69. The maximum atomic E-state index is 12.3. The molecule has 0 bridgehead atoms. The number of nitrogens with zero attached hydrogens (tertiary/aromatic N) is 3. The van der Waals surface area contributed by atoms with E-state index in [1.165, 1.54) is 12.1 Å². The molecule has 0 atom stereocenters. The van der Waals surface area contributed by atoms with Crippen molar-refractivity contribution in [2.24, 2.45) is 0 Å². The van der Waals surface area contributed by atoms with Crippen molar-refractivity contribution in [3.05, 3.63) is 41.2 Å². The van der Waals surface area contributed by atoms with Crippen LogP contribution in [-0.2, 0) is 14.8 Å². The fourth-order valence-corrected chi connectivity index (χ4v) is 4.02. The zero-order valence-electron chi connectivity index (χ0n) is 15.0. The molecule has 2 heterocycles. The summed E-state index contributed by atoms with van der Waals surface area (Å²) in [4.78, 5) is 11.1. The standard InChI is InChI=1S/C17H22ClN5O3S/c1-13-21-16(12-17(22-13)23-7-9-26-10-8-23)19-5-6-20-27(24,25)15-4-2-3-14(18)11-15/h2-4,11-12,20H,5-10H2,1H3,(H,19,21,22). The van der Waals surface area contributed by atoms with Crippen LogP contribution in [0.3, 0.4) is 0 Å². The predicted molar refractivity (Wildman–Crippen MR) is 105 cm³/mol. The summed E-state index contributed by atoms with van der Waals surface area (Å²) in [6, 6.07) is 8.02. The van der Waals surface area contributed by atoms with E-state index in [9.17, 15) is 8.42 Å². The number of hydrogen-bond acceptors (Lipinski definition) is 7. The zero-order chi connectivity index (χ0) is 19.3. The minimum Gasteiger partial charge on any atom is -0.378 e. The molecule has 0 saturated carbocycles. The van der Waals surface area contributed by atoms with Crippen molar-refractivity contribution in [3.8, 4) is 0 Å². The smallest absolute Gasteiger partial charge is 0.240 e. The minimum absolute atomic E-state index is 0.141. The molecule has 0 radical (unpaired) electrons. The van der Waals surface area contributed by atoms with Crippen LogP contribution in [-0.4, -0.2) is 57.8 Å². The lowest BCUT2D eigenvalue weighted by molar-refractivity contribution is 0.122. The fraction of sp³-hybridized carbons (Fsp3) is 0.412. The Morgan fingerprint density at radius 1 is 1.19 bits per heavy atom. The first-order valence-corrected chi connectivity index (χ1v) is 10.5. The van der Waals surface area contributed by atoms with E-state index in [2.05, 4.69) is 24.9 Å². The third kappa shape index (κ3) is 5.52. The molecular formula is C17H22ClN5O3S. The number of morpholine rings is 1. The van der Waals surface area contributed by atoms with Crippen molar-refractivity contribution >= 4 is 33.3 Å². The van der Waals surface area contributed by atoms with Crippen LogP contribution in [0.1, 0.15) is 5.82 Å². The molecule has 2 aromatic rings. The second-order valence-electron chi connectivity index (χ2n) is 6.04. The summed E-state index contributed by atoms with van der Waals surface area (Å²) in [6.07, 6.45) is 0. The number of sulfonamides is 1. The summed E-state index contributed by atoms with van der Waals surface area (Å²) in [7, 11) is -3.60. The Kier molecular flexibility index (Phi) is 6.48. The number of ether oxygens (including phenoxy) is 1. The molecule has 27 heavy (non-hydrogen) atoms. The first-order valence-electron chi connectivity index (χ1n) is 8.61. The van der Waals surface area contributed by atoms with Gasteiger partial charge in [0.15, 0.2) is 0 Å². The molecule has 1 fully saturated rings. The van der Waals surface area contributed by atoms with Gasteiger partial charge < -0.3 is 15.0 Å². The first kappa shape index (κ1) is 19.8. The van der Waals surface area contributed by atoms with E-state index in [0.29, 0.717) is 36.4 Å². The lowest BCUT2D eigenvalue weighted by atomic mass is 10.4. The summed E-state index contributed by atoms with van der Waals surface area (Å²) in [6.45, 7) is 5.36. The second kappa shape index (κ2) is 8.83. The maximum Gasteiger partial charge on any atom is 0.240 e. The Morgan fingerprint density at radius 3 is 2.70 bits per heavy atom. The molecule has 8 nitrogen and oxygen atoms in total. The van der Waals surface area contributed by atoms with Gasteiger partial charge in [-0.05, 0) is 25.1 Å². The average Bonchev–Trinajstić information content (AvgIpc) is 2.66. The summed E-state index contributed by atoms with van der Waals surface area (Å²) < 4.78 is 32.4. The van der Waals surface area contributed by atoms with E-state index in [1.54, 1.807) is 12.1 Å². The summed E-state index contributed by atoms with van der Waals surface area (Å²) in [5.74, 6) is 2.15. The Morgan fingerprint density at radius 2 is 1.96 bits per heavy atom. The van der Waals surface area contributed by atoms with Crippen LogP contribution >= 0.6 is 11.6 Å². The van der Waals surface area contributed by atoms with E-state index in [0.717, 1.165) is 18.9 Å². The monoisotopic (exact) mass is 411 g/mol. The third-order valence-corrected chi connectivity index (χ3v) is 5.68. The van der Waals surface area contributed by atoms with Gasteiger partial charge in [-0.2, -0.15) is 0 Å².